The molecule has 35 heavy (non-hydrogen) atoms. The Hall–Kier alpha value is -4.07. The van der Waals surface area contributed by atoms with Crippen molar-refractivity contribution in [2.45, 2.75) is 43.1 Å². The molecule has 178 valence electrons. The molecule has 6 nitrogen and oxygen atoms in total. The van der Waals surface area contributed by atoms with Crippen molar-refractivity contribution in [1.82, 2.24) is 0 Å². The molecule has 0 aliphatic rings. The molecule has 0 spiro atoms. The lowest BCUT2D eigenvalue weighted by Crippen LogP contribution is -2.27. The van der Waals surface area contributed by atoms with Gasteiger partial charge < -0.3 is 9.47 Å². The van der Waals surface area contributed by atoms with E-state index in [1.165, 1.54) is 6.07 Å². The van der Waals surface area contributed by atoms with Gasteiger partial charge in [0.1, 0.15) is 11.4 Å². The highest BCUT2D eigenvalue weighted by Gasteiger charge is 2.19. The van der Waals surface area contributed by atoms with Crippen molar-refractivity contribution in [3.8, 4) is 23.7 Å². The number of hydrogen-bond acceptors (Lipinski definition) is 6. The van der Waals surface area contributed by atoms with Crippen LogP contribution in [0.5, 0.6) is 5.75 Å². The molecule has 3 rings (SSSR count). The van der Waals surface area contributed by atoms with Crippen LogP contribution in [0.2, 0.25) is 0 Å². The number of carbonyl (C=O) groups excluding carboxylic acids is 1. The van der Waals surface area contributed by atoms with Gasteiger partial charge in [-0.3, -0.25) is 0 Å². The van der Waals surface area contributed by atoms with E-state index < -0.39 is 21.4 Å². The first-order chi connectivity index (χ1) is 16.5. The monoisotopic (exact) mass is 487 g/mol. The summed E-state index contributed by atoms with van der Waals surface area (Å²) in [5, 5.41) is 9.28. The number of nitriles is 1. The zero-order chi connectivity index (χ0) is 25.6. The van der Waals surface area contributed by atoms with Crippen molar-refractivity contribution in [2.24, 2.45) is 0 Å². The van der Waals surface area contributed by atoms with E-state index in [1.807, 2.05) is 6.92 Å². The molecule has 0 amide bonds. The van der Waals surface area contributed by atoms with Gasteiger partial charge in [0.2, 0.25) is 9.84 Å². The summed E-state index contributed by atoms with van der Waals surface area (Å²) in [5.41, 5.74) is 1.43. The molecule has 0 aliphatic heterocycles. The third-order valence-electron chi connectivity index (χ3n) is 4.78. The molecule has 0 fully saturated rings. The summed E-state index contributed by atoms with van der Waals surface area (Å²) in [4.78, 5) is 12.4. The van der Waals surface area contributed by atoms with Gasteiger partial charge in [0.25, 0.3) is 0 Å². The Morgan fingerprint density at radius 3 is 2.26 bits per heavy atom. The number of esters is 1. The van der Waals surface area contributed by atoms with Crippen LogP contribution in [0.4, 0.5) is 0 Å². The van der Waals surface area contributed by atoms with Crippen LogP contribution in [-0.4, -0.2) is 26.6 Å². The first-order valence-corrected chi connectivity index (χ1v) is 12.3. The van der Waals surface area contributed by atoms with Gasteiger partial charge >= 0.3 is 5.97 Å². The lowest BCUT2D eigenvalue weighted by molar-refractivity contribution is -0.157. The lowest BCUT2D eigenvalue weighted by atomic mass is 10.1. The van der Waals surface area contributed by atoms with Crippen LogP contribution < -0.4 is 4.74 Å². The minimum absolute atomic E-state index is 0.130. The van der Waals surface area contributed by atoms with Crippen LogP contribution in [0, 0.1) is 30.1 Å². The number of nitrogens with zero attached hydrogens (tertiary/aromatic N) is 1. The summed E-state index contributed by atoms with van der Waals surface area (Å²) in [7, 11) is -3.70. The minimum atomic E-state index is -3.70. The predicted molar refractivity (Wildman–Crippen MR) is 132 cm³/mol. The molecule has 7 heteroatoms. The first-order valence-electron chi connectivity index (χ1n) is 10.8. The van der Waals surface area contributed by atoms with Crippen molar-refractivity contribution in [3.63, 3.8) is 0 Å². The Morgan fingerprint density at radius 2 is 1.60 bits per heavy atom. The summed E-state index contributed by atoms with van der Waals surface area (Å²) < 4.78 is 36.9. The summed E-state index contributed by atoms with van der Waals surface area (Å²) in [6.45, 7) is 6.80. The van der Waals surface area contributed by atoms with Gasteiger partial charge in [0.15, 0.2) is 6.61 Å². The van der Waals surface area contributed by atoms with E-state index in [0.717, 1.165) is 5.56 Å². The molecule has 0 N–H and O–H groups in total. The highest BCUT2D eigenvalue weighted by Crippen LogP contribution is 2.24. The third-order valence-corrected chi connectivity index (χ3v) is 6.55. The molecule has 0 unspecified atom stereocenters. The Bertz CT molecular complexity index is 1450. The van der Waals surface area contributed by atoms with Crippen LogP contribution in [0.25, 0.3) is 0 Å². The summed E-state index contributed by atoms with van der Waals surface area (Å²) in [6, 6.07) is 19.7. The second-order valence-corrected chi connectivity index (χ2v) is 10.7. The normalized spacial score (nSPS) is 11.1. The fraction of sp³-hybridized carbons (Fsp3) is 0.214. The van der Waals surface area contributed by atoms with E-state index in [0.29, 0.717) is 22.4 Å². The summed E-state index contributed by atoms with van der Waals surface area (Å²) in [6.07, 6.45) is 0. The number of aryl methyl sites for hydroxylation is 1. The second-order valence-electron chi connectivity index (χ2n) is 8.74. The molecule has 0 heterocycles. The van der Waals surface area contributed by atoms with Crippen molar-refractivity contribution in [3.05, 3.63) is 89.0 Å². The van der Waals surface area contributed by atoms with Gasteiger partial charge in [0, 0.05) is 5.56 Å². The van der Waals surface area contributed by atoms with Crippen molar-refractivity contribution >= 4 is 15.8 Å². The van der Waals surface area contributed by atoms with E-state index in [2.05, 4.69) is 17.9 Å². The average Bonchev–Trinajstić information content (AvgIpc) is 2.81. The van der Waals surface area contributed by atoms with E-state index in [9.17, 15) is 18.5 Å². The van der Waals surface area contributed by atoms with E-state index in [4.69, 9.17) is 9.47 Å². The Kier molecular flexibility index (Phi) is 7.64. The third kappa shape index (κ3) is 6.72. The molecular weight excluding hydrogens is 462 g/mol. The van der Waals surface area contributed by atoms with Crippen LogP contribution in [0.3, 0.4) is 0 Å². The number of sulfone groups is 1. The van der Waals surface area contributed by atoms with E-state index in [-0.39, 0.29) is 16.4 Å². The Morgan fingerprint density at radius 1 is 0.914 bits per heavy atom. The maximum atomic E-state index is 13.0. The average molecular weight is 488 g/mol. The predicted octanol–water partition coefficient (Wildman–Crippen LogP) is 4.82. The summed E-state index contributed by atoms with van der Waals surface area (Å²) in [5.74, 6) is 5.73. The van der Waals surface area contributed by atoms with Crippen molar-refractivity contribution < 1.29 is 22.7 Å². The SMILES string of the molecule is Cc1ccc(S(=O)(=O)c2ccccc2)cc1C#Cc1cc(C#N)ccc1OCC(=O)OC(C)(C)C. The number of benzene rings is 3. The molecular formula is C28H25NO5S. The molecule has 0 aromatic heterocycles. The first kappa shape index (κ1) is 25.6. The second kappa shape index (κ2) is 10.5. The van der Waals surface area contributed by atoms with Crippen molar-refractivity contribution in [1.29, 1.82) is 5.26 Å². The Labute approximate surface area is 206 Å². The summed E-state index contributed by atoms with van der Waals surface area (Å²) >= 11 is 0. The molecule has 3 aromatic rings. The molecule has 0 saturated carbocycles. The molecule has 0 aliphatic carbocycles. The van der Waals surface area contributed by atoms with Crippen LogP contribution >= 0.6 is 0 Å². The molecule has 0 saturated heterocycles. The zero-order valence-electron chi connectivity index (χ0n) is 20.0. The smallest absolute Gasteiger partial charge is 0.344 e. The Balaban J connectivity index is 1.94. The van der Waals surface area contributed by atoms with Crippen molar-refractivity contribution in [2.75, 3.05) is 6.61 Å². The van der Waals surface area contributed by atoms with Crippen LogP contribution in [-0.2, 0) is 19.4 Å². The quantitative estimate of drug-likeness (QED) is 0.378. The largest absolute Gasteiger partial charge is 0.481 e. The standard InChI is InChI=1S/C28H25NO5S/c1-20-10-14-25(35(31,32)24-8-6-5-7-9-24)17-22(20)12-13-23-16-21(18-29)11-15-26(23)33-19-27(30)34-28(2,3)4/h5-11,14-17H,19H2,1-4H3. The minimum Gasteiger partial charge on any atom is -0.481 e. The highest BCUT2D eigenvalue weighted by molar-refractivity contribution is 7.91. The van der Waals surface area contributed by atoms with Gasteiger partial charge in [-0.05, 0) is 75.7 Å². The van der Waals surface area contributed by atoms with E-state index >= 15 is 0 Å². The number of rotatable bonds is 5. The zero-order valence-corrected chi connectivity index (χ0v) is 20.8. The van der Waals surface area contributed by atoms with E-state index in [1.54, 1.807) is 81.4 Å². The maximum Gasteiger partial charge on any atom is 0.344 e. The molecule has 0 radical (unpaired) electrons. The fourth-order valence-corrected chi connectivity index (χ4v) is 4.41. The van der Waals surface area contributed by atoms with Gasteiger partial charge in [-0.25, -0.2) is 13.2 Å². The van der Waals surface area contributed by atoms with Gasteiger partial charge in [-0.1, -0.05) is 36.1 Å². The van der Waals surface area contributed by atoms with Gasteiger partial charge in [0.05, 0.1) is 27.0 Å². The number of ether oxygens (including phenoxy) is 2. The topological polar surface area (TPSA) is 93.5 Å². The van der Waals surface area contributed by atoms with Gasteiger partial charge in [-0.2, -0.15) is 5.26 Å². The fourth-order valence-electron chi connectivity index (χ4n) is 3.10. The molecule has 0 atom stereocenters. The van der Waals surface area contributed by atoms with Gasteiger partial charge in [-0.15, -0.1) is 0 Å². The number of hydrogen-bond donors (Lipinski definition) is 0. The van der Waals surface area contributed by atoms with Crippen LogP contribution in [0.15, 0.2) is 76.5 Å². The number of carbonyl (C=O) groups is 1. The van der Waals surface area contributed by atoms with Crippen LogP contribution in [0.1, 0.15) is 43.0 Å². The maximum absolute atomic E-state index is 13.0. The molecule has 0 bridgehead atoms. The lowest BCUT2D eigenvalue weighted by Gasteiger charge is -2.19. The highest BCUT2D eigenvalue weighted by atomic mass is 32.2. The molecule has 3 aromatic carbocycles.